The molecule has 0 N–H and O–H groups in total. The van der Waals surface area contributed by atoms with Crippen LogP contribution < -0.4 is 4.74 Å². The van der Waals surface area contributed by atoms with Crippen molar-refractivity contribution in [3.05, 3.63) is 52.6 Å². The van der Waals surface area contributed by atoms with Crippen molar-refractivity contribution in [3.63, 3.8) is 0 Å². The van der Waals surface area contributed by atoms with Crippen molar-refractivity contribution in [2.45, 2.75) is 6.61 Å². The van der Waals surface area contributed by atoms with Gasteiger partial charge in [0.2, 0.25) is 5.88 Å². The van der Waals surface area contributed by atoms with E-state index in [-0.39, 0.29) is 12.4 Å². The summed E-state index contributed by atoms with van der Waals surface area (Å²) in [5.41, 5.74) is 0.455. The SMILES string of the molecule is Fc1cnccc1COc1cccc(Br)n1. The minimum Gasteiger partial charge on any atom is -0.473 e. The van der Waals surface area contributed by atoms with E-state index in [1.807, 2.05) is 0 Å². The molecule has 2 aromatic rings. The van der Waals surface area contributed by atoms with Crippen molar-refractivity contribution in [3.8, 4) is 5.88 Å². The zero-order valence-corrected chi connectivity index (χ0v) is 9.82. The molecule has 0 bridgehead atoms. The highest BCUT2D eigenvalue weighted by molar-refractivity contribution is 9.10. The predicted molar refractivity (Wildman–Crippen MR) is 60.5 cm³/mol. The predicted octanol–water partition coefficient (Wildman–Crippen LogP) is 2.96. The van der Waals surface area contributed by atoms with Crippen molar-refractivity contribution in [2.75, 3.05) is 0 Å². The van der Waals surface area contributed by atoms with Gasteiger partial charge in [-0.3, -0.25) is 4.98 Å². The Labute approximate surface area is 100 Å². The third kappa shape index (κ3) is 2.76. The third-order valence-electron chi connectivity index (χ3n) is 1.92. The summed E-state index contributed by atoms with van der Waals surface area (Å²) in [6.07, 6.45) is 2.68. The Morgan fingerprint density at radius 1 is 1.31 bits per heavy atom. The summed E-state index contributed by atoms with van der Waals surface area (Å²) in [5, 5.41) is 0. The molecular formula is C11H8BrFN2O. The Morgan fingerprint density at radius 2 is 2.19 bits per heavy atom. The quantitative estimate of drug-likeness (QED) is 0.812. The van der Waals surface area contributed by atoms with E-state index in [1.165, 1.54) is 6.20 Å². The van der Waals surface area contributed by atoms with Gasteiger partial charge < -0.3 is 4.74 Å². The van der Waals surface area contributed by atoms with Gasteiger partial charge >= 0.3 is 0 Å². The van der Waals surface area contributed by atoms with E-state index in [0.717, 1.165) is 6.20 Å². The highest BCUT2D eigenvalue weighted by Crippen LogP contribution is 2.14. The summed E-state index contributed by atoms with van der Waals surface area (Å²) >= 11 is 3.23. The molecular weight excluding hydrogens is 275 g/mol. The maximum Gasteiger partial charge on any atom is 0.214 e. The Bertz CT molecular complexity index is 493. The van der Waals surface area contributed by atoms with Crippen molar-refractivity contribution < 1.29 is 9.13 Å². The van der Waals surface area contributed by atoms with Crippen molar-refractivity contribution in [1.29, 1.82) is 0 Å². The van der Waals surface area contributed by atoms with Crippen LogP contribution in [0.1, 0.15) is 5.56 Å². The number of nitrogens with zero attached hydrogens (tertiary/aromatic N) is 2. The maximum atomic E-state index is 13.2. The lowest BCUT2D eigenvalue weighted by atomic mass is 10.3. The zero-order chi connectivity index (χ0) is 11.4. The summed E-state index contributed by atoms with van der Waals surface area (Å²) in [5.74, 6) is 0.0723. The first-order valence-corrected chi connectivity index (χ1v) is 5.39. The van der Waals surface area contributed by atoms with Gasteiger partial charge in [0.1, 0.15) is 17.0 Å². The second-order valence-corrected chi connectivity index (χ2v) is 3.87. The standard InChI is InChI=1S/C11H8BrFN2O/c12-10-2-1-3-11(15-10)16-7-8-4-5-14-6-9(8)13/h1-6H,7H2. The first-order chi connectivity index (χ1) is 7.75. The number of pyridine rings is 2. The molecule has 0 spiro atoms. The van der Waals surface area contributed by atoms with Crippen LogP contribution in [0.2, 0.25) is 0 Å². The lowest BCUT2D eigenvalue weighted by Crippen LogP contribution is -2.00. The minimum atomic E-state index is -0.377. The van der Waals surface area contributed by atoms with E-state index >= 15 is 0 Å². The van der Waals surface area contributed by atoms with E-state index < -0.39 is 0 Å². The van der Waals surface area contributed by atoms with Gasteiger partial charge in [-0.05, 0) is 28.1 Å². The molecule has 0 unspecified atom stereocenters. The van der Waals surface area contributed by atoms with Gasteiger partial charge in [-0.1, -0.05) is 6.07 Å². The second kappa shape index (κ2) is 5.03. The van der Waals surface area contributed by atoms with Gasteiger partial charge in [0, 0.05) is 17.8 Å². The largest absolute Gasteiger partial charge is 0.473 e. The van der Waals surface area contributed by atoms with Gasteiger partial charge in [-0.25, -0.2) is 9.37 Å². The molecule has 0 radical (unpaired) electrons. The van der Waals surface area contributed by atoms with Crippen LogP contribution in [0.5, 0.6) is 5.88 Å². The molecule has 0 aliphatic heterocycles. The normalized spacial score (nSPS) is 10.1. The van der Waals surface area contributed by atoms with E-state index in [4.69, 9.17) is 4.74 Å². The number of ether oxygens (including phenoxy) is 1. The molecule has 0 aliphatic rings. The zero-order valence-electron chi connectivity index (χ0n) is 8.23. The molecule has 0 atom stereocenters. The molecule has 0 aromatic carbocycles. The average Bonchev–Trinajstić information content (AvgIpc) is 2.28. The summed E-state index contributed by atoms with van der Waals surface area (Å²) in [7, 11) is 0. The topological polar surface area (TPSA) is 35.0 Å². The Morgan fingerprint density at radius 3 is 2.94 bits per heavy atom. The minimum absolute atomic E-state index is 0.137. The molecule has 5 heteroatoms. The number of hydrogen-bond acceptors (Lipinski definition) is 3. The number of rotatable bonds is 3. The molecule has 0 saturated carbocycles. The lowest BCUT2D eigenvalue weighted by molar-refractivity contribution is 0.287. The third-order valence-corrected chi connectivity index (χ3v) is 2.36. The highest BCUT2D eigenvalue weighted by Gasteiger charge is 2.03. The Balaban J connectivity index is 2.05. The molecule has 0 amide bonds. The first kappa shape index (κ1) is 11.0. The fourth-order valence-corrected chi connectivity index (χ4v) is 1.47. The van der Waals surface area contributed by atoms with E-state index in [1.54, 1.807) is 24.3 Å². The van der Waals surface area contributed by atoms with Crippen LogP contribution in [0.15, 0.2) is 41.3 Å². The van der Waals surface area contributed by atoms with Gasteiger partial charge in [-0.2, -0.15) is 0 Å². The summed E-state index contributed by atoms with van der Waals surface area (Å²) in [6.45, 7) is 0.137. The number of aromatic nitrogens is 2. The lowest BCUT2D eigenvalue weighted by Gasteiger charge is -2.05. The molecule has 2 rings (SSSR count). The van der Waals surface area contributed by atoms with Crippen LogP contribution in [0.25, 0.3) is 0 Å². The molecule has 3 nitrogen and oxygen atoms in total. The van der Waals surface area contributed by atoms with Gasteiger partial charge in [0.05, 0.1) is 6.20 Å². The summed E-state index contributed by atoms with van der Waals surface area (Å²) < 4.78 is 19.2. The molecule has 82 valence electrons. The van der Waals surface area contributed by atoms with Crippen molar-refractivity contribution in [1.82, 2.24) is 9.97 Å². The van der Waals surface area contributed by atoms with Crippen LogP contribution in [0, 0.1) is 5.82 Å². The Kier molecular flexibility index (Phi) is 3.46. The highest BCUT2D eigenvalue weighted by atomic mass is 79.9. The van der Waals surface area contributed by atoms with Crippen molar-refractivity contribution >= 4 is 15.9 Å². The van der Waals surface area contributed by atoms with Crippen LogP contribution >= 0.6 is 15.9 Å². The average molecular weight is 283 g/mol. The number of halogens is 2. The van der Waals surface area contributed by atoms with Crippen LogP contribution in [0.3, 0.4) is 0 Å². The molecule has 0 saturated heterocycles. The van der Waals surface area contributed by atoms with Crippen molar-refractivity contribution in [2.24, 2.45) is 0 Å². The molecule has 2 aromatic heterocycles. The van der Waals surface area contributed by atoms with E-state index in [2.05, 4.69) is 25.9 Å². The van der Waals surface area contributed by atoms with Gasteiger partial charge in [-0.15, -0.1) is 0 Å². The molecule has 0 fully saturated rings. The van der Waals surface area contributed by atoms with E-state index in [9.17, 15) is 4.39 Å². The summed E-state index contributed by atoms with van der Waals surface area (Å²) in [6, 6.07) is 6.88. The van der Waals surface area contributed by atoms with Gasteiger partial charge in [0.25, 0.3) is 0 Å². The fraction of sp³-hybridized carbons (Fsp3) is 0.0909. The van der Waals surface area contributed by atoms with Gasteiger partial charge in [0.15, 0.2) is 0 Å². The summed E-state index contributed by atoms with van der Waals surface area (Å²) in [4.78, 5) is 7.73. The maximum absolute atomic E-state index is 13.2. The van der Waals surface area contributed by atoms with E-state index in [0.29, 0.717) is 16.0 Å². The molecule has 16 heavy (non-hydrogen) atoms. The first-order valence-electron chi connectivity index (χ1n) is 4.59. The number of hydrogen-bond donors (Lipinski definition) is 0. The van der Waals surface area contributed by atoms with Crippen LogP contribution in [0.4, 0.5) is 4.39 Å². The molecule has 2 heterocycles. The van der Waals surface area contributed by atoms with Crippen LogP contribution in [-0.2, 0) is 6.61 Å². The Hall–Kier alpha value is -1.49. The molecule has 0 aliphatic carbocycles. The second-order valence-electron chi connectivity index (χ2n) is 3.05. The smallest absolute Gasteiger partial charge is 0.214 e. The fourth-order valence-electron chi connectivity index (χ4n) is 1.14. The van der Waals surface area contributed by atoms with Crippen LogP contribution in [-0.4, -0.2) is 9.97 Å². The monoisotopic (exact) mass is 282 g/mol.